The molecule has 3 aromatic rings. The Hall–Kier alpha value is -3.48. The minimum atomic E-state index is -0.383. The van der Waals surface area contributed by atoms with Gasteiger partial charge in [-0.25, -0.2) is 4.79 Å². The van der Waals surface area contributed by atoms with Gasteiger partial charge in [0.05, 0.1) is 6.04 Å². The Morgan fingerprint density at radius 1 is 0.719 bits per heavy atom. The number of imide groups is 1. The molecule has 1 heterocycles. The molecule has 0 aliphatic carbocycles. The van der Waals surface area contributed by atoms with E-state index in [0.29, 0.717) is 31.7 Å². The van der Waals surface area contributed by atoms with Crippen LogP contribution in [0, 0.1) is 0 Å². The highest BCUT2D eigenvalue weighted by atomic mass is 16.2. The average Bonchev–Trinajstić information content (AvgIpc) is 2.86. The minimum absolute atomic E-state index is 0.00485. The van der Waals surface area contributed by atoms with Gasteiger partial charge in [-0.3, -0.25) is 15.0 Å². The molecule has 1 saturated heterocycles. The molecule has 4 rings (SSSR count). The van der Waals surface area contributed by atoms with Crippen molar-refractivity contribution in [3.05, 3.63) is 108 Å². The lowest BCUT2D eigenvalue weighted by Gasteiger charge is -2.41. The molecule has 6 nitrogen and oxygen atoms in total. The Labute approximate surface area is 188 Å². The van der Waals surface area contributed by atoms with Crippen LogP contribution in [0.2, 0.25) is 0 Å². The summed E-state index contributed by atoms with van der Waals surface area (Å²) in [7, 11) is 0. The van der Waals surface area contributed by atoms with Crippen molar-refractivity contribution in [1.82, 2.24) is 15.1 Å². The van der Waals surface area contributed by atoms with Crippen LogP contribution in [-0.4, -0.2) is 47.9 Å². The summed E-state index contributed by atoms with van der Waals surface area (Å²) in [6.07, 6.45) is 0. The van der Waals surface area contributed by atoms with Gasteiger partial charge in [0.25, 0.3) is 5.91 Å². The zero-order chi connectivity index (χ0) is 22.3. The molecule has 0 bridgehead atoms. The van der Waals surface area contributed by atoms with Crippen LogP contribution in [0.3, 0.4) is 0 Å². The van der Waals surface area contributed by atoms with Gasteiger partial charge in [0.2, 0.25) is 0 Å². The maximum absolute atomic E-state index is 12.6. The van der Waals surface area contributed by atoms with Crippen LogP contribution < -0.4 is 11.1 Å². The number of piperazine rings is 1. The summed E-state index contributed by atoms with van der Waals surface area (Å²) >= 11 is 0. The molecule has 1 fully saturated rings. The number of rotatable bonds is 5. The van der Waals surface area contributed by atoms with Gasteiger partial charge in [0.1, 0.15) is 0 Å². The van der Waals surface area contributed by atoms with Gasteiger partial charge in [-0.05, 0) is 23.3 Å². The van der Waals surface area contributed by atoms with E-state index in [9.17, 15) is 9.59 Å². The molecule has 3 aromatic carbocycles. The number of nitrogens with two attached hydrogens (primary N) is 1. The van der Waals surface area contributed by atoms with E-state index in [2.05, 4.69) is 34.5 Å². The van der Waals surface area contributed by atoms with E-state index >= 15 is 0 Å². The SMILES string of the molecule is N[C@@H](c1ccccc1)[C@@H](c1ccccc1)N1CCN(C(=O)NC(=O)c2ccccc2)CC1. The van der Waals surface area contributed by atoms with E-state index in [4.69, 9.17) is 5.73 Å². The number of hydrogen-bond donors (Lipinski definition) is 2. The topological polar surface area (TPSA) is 78.7 Å². The van der Waals surface area contributed by atoms with Crippen LogP contribution >= 0.6 is 0 Å². The van der Waals surface area contributed by atoms with E-state index in [1.165, 1.54) is 0 Å². The fraction of sp³-hybridized carbons (Fsp3) is 0.231. The number of urea groups is 1. The summed E-state index contributed by atoms with van der Waals surface area (Å²) < 4.78 is 0. The summed E-state index contributed by atoms with van der Waals surface area (Å²) in [6.45, 7) is 2.40. The van der Waals surface area contributed by atoms with Crippen LogP contribution in [0.4, 0.5) is 4.79 Å². The van der Waals surface area contributed by atoms with Gasteiger partial charge in [-0.15, -0.1) is 0 Å². The maximum Gasteiger partial charge on any atom is 0.324 e. The monoisotopic (exact) mass is 428 g/mol. The normalized spacial score (nSPS) is 16.2. The van der Waals surface area contributed by atoms with Gasteiger partial charge in [0.15, 0.2) is 0 Å². The molecule has 3 amide bonds. The largest absolute Gasteiger partial charge is 0.324 e. The summed E-state index contributed by atoms with van der Waals surface area (Å²) in [5.74, 6) is -0.383. The number of nitrogens with one attached hydrogen (secondary N) is 1. The number of carbonyl (C=O) groups excluding carboxylic acids is 2. The molecule has 2 atom stereocenters. The van der Waals surface area contributed by atoms with Crippen LogP contribution in [-0.2, 0) is 0 Å². The highest BCUT2D eigenvalue weighted by molar-refractivity contribution is 6.04. The number of nitrogens with zero attached hydrogens (tertiary/aromatic N) is 2. The third kappa shape index (κ3) is 5.04. The molecular formula is C26H28N4O2. The first-order valence-corrected chi connectivity index (χ1v) is 10.9. The van der Waals surface area contributed by atoms with Crippen LogP contribution in [0.5, 0.6) is 0 Å². The number of amides is 3. The Morgan fingerprint density at radius 2 is 1.22 bits per heavy atom. The molecule has 164 valence electrons. The molecule has 0 saturated carbocycles. The van der Waals surface area contributed by atoms with Gasteiger partial charge in [-0.2, -0.15) is 0 Å². The van der Waals surface area contributed by atoms with Crippen molar-refractivity contribution in [2.24, 2.45) is 5.73 Å². The van der Waals surface area contributed by atoms with Gasteiger partial charge in [-0.1, -0.05) is 78.9 Å². The quantitative estimate of drug-likeness (QED) is 0.651. The molecule has 6 heteroatoms. The first kappa shape index (κ1) is 21.7. The molecule has 1 aliphatic rings. The van der Waals surface area contributed by atoms with Gasteiger partial charge >= 0.3 is 6.03 Å². The van der Waals surface area contributed by atoms with Crippen molar-refractivity contribution in [3.8, 4) is 0 Å². The van der Waals surface area contributed by atoms with E-state index in [0.717, 1.165) is 11.1 Å². The lowest BCUT2D eigenvalue weighted by molar-refractivity contribution is 0.0869. The number of benzene rings is 3. The zero-order valence-electron chi connectivity index (χ0n) is 17.9. The van der Waals surface area contributed by atoms with Crippen molar-refractivity contribution in [3.63, 3.8) is 0 Å². The van der Waals surface area contributed by atoms with Crippen LogP contribution in [0.25, 0.3) is 0 Å². The predicted molar refractivity (Wildman–Crippen MR) is 125 cm³/mol. The first-order chi connectivity index (χ1) is 15.6. The number of carbonyl (C=O) groups is 2. The maximum atomic E-state index is 12.6. The Bertz CT molecular complexity index is 1020. The second-order valence-corrected chi connectivity index (χ2v) is 7.94. The Balaban J connectivity index is 1.43. The second kappa shape index (κ2) is 10.2. The zero-order valence-corrected chi connectivity index (χ0v) is 17.9. The molecule has 0 unspecified atom stereocenters. The van der Waals surface area contributed by atoms with Gasteiger partial charge in [0, 0.05) is 37.8 Å². The summed E-state index contributed by atoms with van der Waals surface area (Å²) in [4.78, 5) is 29.0. The molecular weight excluding hydrogens is 400 g/mol. The van der Waals surface area contributed by atoms with Crippen LogP contribution in [0.15, 0.2) is 91.0 Å². The highest BCUT2D eigenvalue weighted by Gasteiger charge is 2.31. The smallest absolute Gasteiger partial charge is 0.322 e. The third-order valence-corrected chi connectivity index (χ3v) is 5.92. The fourth-order valence-electron chi connectivity index (χ4n) is 4.19. The predicted octanol–water partition coefficient (Wildman–Crippen LogP) is 3.60. The fourth-order valence-corrected chi connectivity index (χ4v) is 4.19. The van der Waals surface area contributed by atoms with E-state index in [1.54, 1.807) is 29.2 Å². The molecule has 0 aromatic heterocycles. The lowest BCUT2D eigenvalue weighted by atomic mass is 9.92. The van der Waals surface area contributed by atoms with Crippen molar-refractivity contribution < 1.29 is 9.59 Å². The summed E-state index contributed by atoms with van der Waals surface area (Å²) in [5, 5.41) is 2.50. The molecule has 3 N–H and O–H groups in total. The van der Waals surface area contributed by atoms with E-state index in [1.807, 2.05) is 42.5 Å². The number of hydrogen-bond acceptors (Lipinski definition) is 4. The minimum Gasteiger partial charge on any atom is -0.322 e. The van der Waals surface area contributed by atoms with E-state index in [-0.39, 0.29) is 24.0 Å². The van der Waals surface area contributed by atoms with Crippen molar-refractivity contribution in [2.75, 3.05) is 26.2 Å². The second-order valence-electron chi connectivity index (χ2n) is 7.94. The Morgan fingerprint density at radius 3 is 1.78 bits per heavy atom. The van der Waals surface area contributed by atoms with Gasteiger partial charge < -0.3 is 10.6 Å². The van der Waals surface area contributed by atoms with E-state index < -0.39 is 0 Å². The standard InChI is InChI=1S/C26H28N4O2/c27-23(20-10-4-1-5-11-20)24(21-12-6-2-7-13-21)29-16-18-30(19-17-29)26(32)28-25(31)22-14-8-3-9-15-22/h1-15,23-24H,16-19,27H2,(H,28,31,32)/t23-,24+/m0/s1. The Kier molecular flexibility index (Phi) is 6.94. The molecule has 32 heavy (non-hydrogen) atoms. The van der Waals surface area contributed by atoms with Crippen molar-refractivity contribution in [1.29, 1.82) is 0 Å². The molecule has 0 spiro atoms. The van der Waals surface area contributed by atoms with Crippen molar-refractivity contribution >= 4 is 11.9 Å². The van der Waals surface area contributed by atoms with Crippen LogP contribution in [0.1, 0.15) is 33.6 Å². The van der Waals surface area contributed by atoms with Crippen molar-refractivity contribution in [2.45, 2.75) is 12.1 Å². The first-order valence-electron chi connectivity index (χ1n) is 10.9. The summed E-state index contributed by atoms with van der Waals surface area (Å²) in [6, 6.07) is 28.6. The molecule has 1 aliphatic heterocycles. The highest BCUT2D eigenvalue weighted by Crippen LogP contribution is 2.33. The molecule has 0 radical (unpaired) electrons. The summed E-state index contributed by atoms with van der Waals surface area (Å²) in [5.41, 5.74) is 9.45. The average molecular weight is 429 g/mol. The lowest BCUT2D eigenvalue weighted by Crippen LogP contribution is -2.54. The third-order valence-electron chi connectivity index (χ3n) is 5.92.